The summed E-state index contributed by atoms with van der Waals surface area (Å²) in [5, 5.41) is 3.62. The lowest BCUT2D eigenvalue weighted by atomic mass is 9.93. The standard InChI is InChI=1S/C15H25NO/c1-4-16-15(10-13-7-5-6-8-13)14-9-11(2)17-12(14)3/h9,13,15-16H,4-8,10H2,1-3H3. The van der Waals surface area contributed by atoms with Gasteiger partial charge < -0.3 is 9.73 Å². The zero-order valence-electron chi connectivity index (χ0n) is 11.4. The van der Waals surface area contributed by atoms with Gasteiger partial charge in [0.05, 0.1) is 0 Å². The van der Waals surface area contributed by atoms with Crippen LogP contribution in [0.5, 0.6) is 0 Å². The molecule has 96 valence electrons. The summed E-state index contributed by atoms with van der Waals surface area (Å²) in [6.45, 7) is 7.33. The lowest BCUT2D eigenvalue weighted by Gasteiger charge is -2.21. The fraction of sp³-hybridized carbons (Fsp3) is 0.733. The van der Waals surface area contributed by atoms with Crippen molar-refractivity contribution in [2.24, 2.45) is 5.92 Å². The molecule has 0 aliphatic heterocycles. The Kier molecular flexibility index (Phi) is 4.27. The molecule has 1 fully saturated rings. The Morgan fingerprint density at radius 2 is 2.06 bits per heavy atom. The van der Waals surface area contributed by atoms with Crippen molar-refractivity contribution in [2.45, 2.75) is 58.9 Å². The average molecular weight is 235 g/mol. The fourth-order valence-electron chi connectivity index (χ4n) is 3.14. The van der Waals surface area contributed by atoms with Gasteiger partial charge in [0.15, 0.2) is 0 Å². The molecule has 1 aliphatic rings. The second-order valence-electron chi connectivity index (χ2n) is 5.37. The SMILES string of the molecule is CCNC(CC1CCCC1)c1cc(C)oc1C. The van der Waals surface area contributed by atoms with Crippen LogP contribution in [0.25, 0.3) is 0 Å². The number of furan rings is 1. The van der Waals surface area contributed by atoms with Crippen LogP contribution in [0.15, 0.2) is 10.5 Å². The van der Waals surface area contributed by atoms with Crippen molar-refractivity contribution < 1.29 is 4.42 Å². The number of hydrogen-bond acceptors (Lipinski definition) is 2. The first-order valence-corrected chi connectivity index (χ1v) is 7.01. The van der Waals surface area contributed by atoms with E-state index >= 15 is 0 Å². The fourth-order valence-corrected chi connectivity index (χ4v) is 3.14. The van der Waals surface area contributed by atoms with Crippen LogP contribution in [0.2, 0.25) is 0 Å². The van der Waals surface area contributed by atoms with Gasteiger partial charge in [0.2, 0.25) is 0 Å². The molecular weight excluding hydrogens is 210 g/mol. The van der Waals surface area contributed by atoms with Crippen LogP contribution in [0, 0.1) is 19.8 Å². The quantitative estimate of drug-likeness (QED) is 0.830. The summed E-state index contributed by atoms with van der Waals surface area (Å²) in [4.78, 5) is 0. The van der Waals surface area contributed by atoms with E-state index < -0.39 is 0 Å². The van der Waals surface area contributed by atoms with Crippen molar-refractivity contribution in [3.05, 3.63) is 23.2 Å². The molecule has 0 spiro atoms. The molecule has 1 atom stereocenters. The first-order chi connectivity index (χ1) is 8.20. The van der Waals surface area contributed by atoms with Crippen molar-refractivity contribution in [2.75, 3.05) is 6.54 Å². The Morgan fingerprint density at radius 3 is 2.59 bits per heavy atom. The Bertz CT molecular complexity index is 350. The van der Waals surface area contributed by atoms with E-state index in [1.807, 2.05) is 6.92 Å². The molecule has 2 nitrogen and oxygen atoms in total. The maximum Gasteiger partial charge on any atom is 0.105 e. The molecule has 2 heteroatoms. The van der Waals surface area contributed by atoms with Crippen LogP contribution in [0.1, 0.15) is 62.2 Å². The van der Waals surface area contributed by atoms with Crippen LogP contribution in [0.3, 0.4) is 0 Å². The van der Waals surface area contributed by atoms with Crippen LogP contribution >= 0.6 is 0 Å². The largest absolute Gasteiger partial charge is 0.466 e. The second kappa shape index (κ2) is 5.72. The number of aryl methyl sites for hydroxylation is 2. The van der Waals surface area contributed by atoms with Gasteiger partial charge in [-0.05, 0) is 38.8 Å². The molecule has 0 aromatic carbocycles. The molecule has 1 aliphatic carbocycles. The lowest BCUT2D eigenvalue weighted by Crippen LogP contribution is -2.23. The predicted octanol–water partition coefficient (Wildman–Crippen LogP) is 4.13. The van der Waals surface area contributed by atoms with Gasteiger partial charge in [0, 0.05) is 11.6 Å². The first kappa shape index (κ1) is 12.7. The van der Waals surface area contributed by atoms with Gasteiger partial charge in [-0.1, -0.05) is 32.6 Å². The Morgan fingerprint density at radius 1 is 1.35 bits per heavy atom. The van der Waals surface area contributed by atoms with Crippen molar-refractivity contribution in [1.29, 1.82) is 0 Å². The van der Waals surface area contributed by atoms with Gasteiger partial charge in [-0.2, -0.15) is 0 Å². The van der Waals surface area contributed by atoms with E-state index in [1.165, 1.54) is 37.7 Å². The zero-order chi connectivity index (χ0) is 12.3. The smallest absolute Gasteiger partial charge is 0.105 e. The number of nitrogens with one attached hydrogen (secondary N) is 1. The molecule has 1 unspecified atom stereocenters. The molecule has 0 radical (unpaired) electrons. The minimum atomic E-state index is 0.487. The van der Waals surface area contributed by atoms with Gasteiger partial charge >= 0.3 is 0 Å². The Hall–Kier alpha value is -0.760. The lowest BCUT2D eigenvalue weighted by molar-refractivity contribution is 0.394. The summed E-state index contributed by atoms with van der Waals surface area (Å²) in [7, 11) is 0. The van der Waals surface area contributed by atoms with Crippen molar-refractivity contribution in [1.82, 2.24) is 5.32 Å². The summed E-state index contributed by atoms with van der Waals surface area (Å²) in [6, 6.07) is 2.69. The molecule has 0 amide bonds. The number of hydrogen-bond donors (Lipinski definition) is 1. The molecule has 17 heavy (non-hydrogen) atoms. The van der Waals surface area contributed by atoms with E-state index in [1.54, 1.807) is 0 Å². The van der Waals surface area contributed by atoms with E-state index in [0.29, 0.717) is 6.04 Å². The van der Waals surface area contributed by atoms with E-state index in [2.05, 4.69) is 25.2 Å². The highest BCUT2D eigenvalue weighted by Gasteiger charge is 2.23. The minimum Gasteiger partial charge on any atom is -0.466 e. The highest BCUT2D eigenvalue weighted by Crippen LogP contribution is 2.34. The normalized spacial score (nSPS) is 18.8. The maximum atomic E-state index is 5.67. The van der Waals surface area contributed by atoms with Crippen molar-refractivity contribution >= 4 is 0 Å². The maximum absolute atomic E-state index is 5.67. The van der Waals surface area contributed by atoms with Gasteiger partial charge in [0.25, 0.3) is 0 Å². The summed E-state index contributed by atoms with van der Waals surface area (Å²) in [6.07, 6.45) is 6.95. The molecule has 1 aromatic rings. The third kappa shape index (κ3) is 3.12. The van der Waals surface area contributed by atoms with Crippen molar-refractivity contribution in [3.8, 4) is 0 Å². The van der Waals surface area contributed by atoms with Crippen LogP contribution in [0.4, 0.5) is 0 Å². The van der Waals surface area contributed by atoms with E-state index in [4.69, 9.17) is 4.42 Å². The number of rotatable bonds is 5. The van der Waals surface area contributed by atoms with E-state index in [0.717, 1.165) is 24.0 Å². The van der Waals surface area contributed by atoms with Crippen molar-refractivity contribution in [3.63, 3.8) is 0 Å². The molecule has 0 saturated heterocycles. The predicted molar refractivity (Wildman–Crippen MR) is 71.2 cm³/mol. The molecule has 2 rings (SSSR count). The minimum absolute atomic E-state index is 0.487. The van der Waals surface area contributed by atoms with Gasteiger partial charge in [-0.3, -0.25) is 0 Å². The summed E-state index contributed by atoms with van der Waals surface area (Å²) in [5.41, 5.74) is 1.37. The third-order valence-electron chi connectivity index (χ3n) is 3.95. The molecule has 1 heterocycles. The topological polar surface area (TPSA) is 25.2 Å². The highest BCUT2D eigenvalue weighted by atomic mass is 16.3. The monoisotopic (exact) mass is 235 g/mol. The molecule has 1 aromatic heterocycles. The molecule has 0 bridgehead atoms. The van der Waals surface area contributed by atoms with Crippen LogP contribution < -0.4 is 5.32 Å². The van der Waals surface area contributed by atoms with E-state index in [-0.39, 0.29) is 0 Å². The third-order valence-corrected chi connectivity index (χ3v) is 3.95. The average Bonchev–Trinajstić information content (AvgIpc) is 2.88. The Labute approximate surface area is 105 Å². The zero-order valence-corrected chi connectivity index (χ0v) is 11.4. The second-order valence-corrected chi connectivity index (χ2v) is 5.37. The van der Waals surface area contributed by atoms with E-state index in [9.17, 15) is 0 Å². The molecule has 1 N–H and O–H groups in total. The first-order valence-electron chi connectivity index (χ1n) is 7.01. The van der Waals surface area contributed by atoms with Gasteiger partial charge in [-0.15, -0.1) is 0 Å². The molecule has 1 saturated carbocycles. The summed E-state index contributed by atoms with van der Waals surface area (Å²) >= 11 is 0. The van der Waals surface area contributed by atoms with Crippen LogP contribution in [-0.4, -0.2) is 6.54 Å². The highest BCUT2D eigenvalue weighted by molar-refractivity contribution is 5.24. The van der Waals surface area contributed by atoms with Gasteiger partial charge in [0.1, 0.15) is 11.5 Å². The molecular formula is C15H25NO. The Balaban J connectivity index is 2.07. The summed E-state index contributed by atoms with van der Waals surface area (Å²) in [5.74, 6) is 3.03. The van der Waals surface area contributed by atoms with Gasteiger partial charge in [-0.25, -0.2) is 0 Å². The summed E-state index contributed by atoms with van der Waals surface area (Å²) < 4.78 is 5.67. The van der Waals surface area contributed by atoms with Crippen LogP contribution in [-0.2, 0) is 0 Å².